The topological polar surface area (TPSA) is 35.6 Å². The fraction of sp³-hybridized carbons (Fsp3) is 0.909. The lowest BCUT2D eigenvalue weighted by Gasteiger charge is -2.31. The quantitative estimate of drug-likeness (QED) is 0.724. The second-order valence-electron chi connectivity index (χ2n) is 4.90. The summed E-state index contributed by atoms with van der Waals surface area (Å²) in [4.78, 5) is 16.3. The smallest absolute Gasteiger partial charge is 0.320 e. The first-order valence-electron chi connectivity index (χ1n) is 6.14. The number of carbonyl (C=O) groups excluding carboxylic acids is 1. The van der Waals surface area contributed by atoms with Gasteiger partial charge in [-0.25, -0.2) is 4.79 Å². The molecule has 1 saturated carbocycles. The summed E-state index contributed by atoms with van der Waals surface area (Å²) in [5.74, 6) is 0. The molecule has 3 aliphatic rings. The lowest BCUT2D eigenvalue weighted by Crippen LogP contribution is -2.47. The number of carbonyl (C=O) groups is 1. The average Bonchev–Trinajstić information content (AvgIpc) is 3.04. The minimum atomic E-state index is 0.297. The maximum Gasteiger partial charge on any atom is 0.320 e. The van der Waals surface area contributed by atoms with Gasteiger partial charge in [-0.2, -0.15) is 0 Å². The maximum absolute atomic E-state index is 12.1. The molecule has 15 heavy (non-hydrogen) atoms. The van der Waals surface area contributed by atoms with Crippen LogP contribution in [0.4, 0.5) is 4.79 Å². The zero-order valence-corrected chi connectivity index (χ0v) is 9.11. The fourth-order valence-electron chi connectivity index (χ4n) is 2.73. The summed E-state index contributed by atoms with van der Waals surface area (Å²) in [5, 5.41) is 3.38. The van der Waals surface area contributed by atoms with Crippen molar-refractivity contribution in [2.45, 2.75) is 37.8 Å². The van der Waals surface area contributed by atoms with E-state index in [9.17, 15) is 4.79 Å². The van der Waals surface area contributed by atoms with Crippen molar-refractivity contribution in [1.29, 1.82) is 0 Å². The molecule has 3 fully saturated rings. The molecule has 0 radical (unpaired) electrons. The highest BCUT2D eigenvalue weighted by atomic mass is 16.2. The van der Waals surface area contributed by atoms with Crippen LogP contribution in [0.15, 0.2) is 0 Å². The van der Waals surface area contributed by atoms with Gasteiger partial charge in [0, 0.05) is 31.7 Å². The third-order valence-corrected chi connectivity index (χ3v) is 3.77. The summed E-state index contributed by atoms with van der Waals surface area (Å²) in [6.45, 7) is 4.01. The van der Waals surface area contributed by atoms with Gasteiger partial charge in [0.2, 0.25) is 0 Å². The molecular formula is C11H19N3O. The van der Waals surface area contributed by atoms with Gasteiger partial charge in [-0.05, 0) is 32.2 Å². The van der Waals surface area contributed by atoms with Gasteiger partial charge in [0.05, 0.1) is 0 Å². The van der Waals surface area contributed by atoms with Crippen LogP contribution >= 0.6 is 0 Å². The van der Waals surface area contributed by atoms with Gasteiger partial charge in [-0.15, -0.1) is 0 Å². The van der Waals surface area contributed by atoms with E-state index in [1.165, 1.54) is 25.7 Å². The Kier molecular flexibility index (Phi) is 2.31. The predicted octanol–water partition coefficient (Wildman–Crippen LogP) is 0.638. The lowest BCUT2D eigenvalue weighted by atomic mass is 10.1. The van der Waals surface area contributed by atoms with Crippen LogP contribution < -0.4 is 5.32 Å². The molecule has 0 spiro atoms. The number of nitrogens with one attached hydrogen (secondary N) is 1. The highest BCUT2D eigenvalue weighted by molar-refractivity contribution is 5.77. The molecule has 1 atom stereocenters. The molecule has 4 heteroatoms. The Morgan fingerprint density at radius 3 is 2.40 bits per heavy atom. The van der Waals surface area contributed by atoms with E-state index in [2.05, 4.69) is 15.1 Å². The molecule has 4 nitrogen and oxygen atoms in total. The first-order valence-corrected chi connectivity index (χ1v) is 6.14. The second kappa shape index (κ2) is 3.67. The van der Waals surface area contributed by atoms with Crippen LogP contribution in [0.3, 0.4) is 0 Å². The van der Waals surface area contributed by atoms with Gasteiger partial charge in [0.25, 0.3) is 0 Å². The minimum Gasteiger partial charge on any atom is -0.320 e. The van der Waals surface area contributed by atoms with Crippen molar-refractivity contribution in [1.82, 2.24) is 15.1 Å². The van der Waals surface area contributed by atoms with E-state index in [0.717, 1.165) is 26.2 Å². The number of hydrogen-bond donors (Lipinski definition) is 1. The van der Waals surface area contributed by atoms with Crippen molar-refractivity contribution < 1.29 is 4.79 Å². The Morgan fingerprint density at radius 2 is 1.80 bits per heavy atom. The van der Waals surface area contributed by atoms with E-state index < -0.39 is 0 Å². The summed E-state index contributed by atoms with van der Waals surface area (Å²) in [6, 6.07) is 1.33. The van der Waals surface area contributed by atoms with Crippen molar-refractivity contribution in [3.8, 4) is 0 Å². The highest BCUT2D eigenvalue weighted by Gasteiger charge is 2.41. The average molecular weight is 209 g/mol. The Morgan fingerprint density at radius 1 is 1.07 bits per heavy atom. The summed E-state index contributed by atoms with van der Waals surface area (Å²) >= 11 is 0. The van der Waals surface area contributed by atoms with Crippen molar-refractivity contribution in [3.05, 3.63) is 0 Å². The van der Waals surface area contributed by atoms with Crippen molar-refractivity contribution >= 4 is 6.03 Å². The third-order valence-electron chi connectivity index (χ3n) is 3.77. The fourth-order valence-corrected chi connectivity index (χ4v) is 2.73. The number of rotatable bonds is 2. The molecule has 2 saturated heterocycles. The standard InChI is InChI=1S/C11H19N3O/c15-11-13(9-3-4-9)6-7-14(11)10-2-1-5-12-8-10/h9-10,12H,1-8H2. The first-order chi connectivity index (χ1) is 7.36. The number of nitrogens with zero attached hydrogens (tertiary/aromatic N) is 2. The van der Waals surface area contributed by atoms with E-state index in [1.54, 1.807) is 0 Å². The van der Waals surface area contributed by atoms with Crippen LogP contribution in [-0.2, 0) is 0 Å². The molecule has 1 aliphatic carbocycles. The zero-order valence-electron chi connectivity index (χ0n) is 9.11. The molecule has 2 aliphatic heterocycles. The molecule has 2 amide bonds. The van der Waals surface area contributed by atoms with Crippen LogP contribution in [0.2, 0.25) is 0 Å². The van der Waals surface area contributed by atoms with E-state index >= 15 is 0 Å². The summed E-state index contributed by atoms with van der Waals surface area (Å²) in [7, 11) is 0. The monoisotopic (exact) mass is 209 g/mol. The molecule has 84 valence electrons. The SMILES string of the molecule is O=C1N(C2CC2)CCN1C1CCCNC1. The van der Waals surface area contributed by atoms with E-state index in [1.807, 2.05) is 0 Å². The number of amides is 2. The first kappa shape index (κ1) is 9.46. The van der Waals surface area contributed by atoms with Crippen molar-refractivity contribution in [2.75, 3.05) is 26.2 Å². The van der Waals surface area contributed by atoms with Gasteiger partial charge in [0.1, 0.15) is 0 Å². The molecular weight excluding hydrogens is 190 g/mol. The van der Waals surface area contributed by atoms with Gasteiger partial charge >= 0.3 is 6.03 Å². The highest BCUT2D eigenvalue weighted by Crippen LogP contribution is 2.31. The summed E-state index contributed by atoms with van der Waals surface area (Å²) in [5.41, 5.74) is 0. The van der Waals surface area contributed by atoms with E-state index in [4.69, 9.17) is 0 Å². The predicted molar refractivity (Wildman–Crippen MR) is 57.7 cm³/mol. The second-order valence-corrected chi connectivity index (χ2v) is 4.90. The Bertz CT molecular complexity index is 259. The van der Waals surface area contributed by atoms with Gasteiger partial charge in [-0.3, -0.25) is 0 Å². The van der Waals surface area contributed by atoms with Crippen LogP contribution in [0.5, 0.6) is 0 Å². The molecule has 1 unspecified atom stereocenters. The van der Waals surface area contributed by atoms with Crippen LogP contribution in [-0.4, -0.2) is 54.1 Å². The Hall–Kier alpha value is -0.770. The molecule has 0 bridgehead atoms. The Labute approximate surface area is 90.6 Å². The maximum atomic E-state index is 12.1. The van der Waals surface area contributed by atoms with Crippen molar-refractivity contribution in [2.24, 2.45) is 0 Å². The lowest BCUT2D eigenvalue weighted by molar-refractivity contribution is 0.166. The molecule has 1 N–H and O–H groups in total. The summed E-state index contributed by atoms with van der Waals surface area (Å²) < 4.78 is 0. The van der Waals surface area contributed by atoms with Crippen LogP contribution in [0, 0.1) is 0 Å². The van der Waals surface area contributed by atoms with E-state index in [-0.39, 0.29) is 0 Å². The number of hydrogen-bond acceptors (Lipinski definition) is 2. The molecule has 0 aromatic heterocycles. The zero-order chi connectivity index (χ0) is 10.3. The molecule has 0 aromatic carbocycles. The Balaban J connectivity index is 1.64. The number of piperidine rings is 1. The summed E-state index contributed by atoms with van der Waals surface area (Å²) in [6.07, 6.45) is 4.83. The molecule has 3 rings (SSSR count). The largest absolute Gasteiger partial charge is 0.320 e. The number of urea groups is 1. The molecule has 0 aromatic rings. The third kappa shape index (κ3) is 1.71. The molecule has 2 heterocycles. The van der Waals surface area contributed by atoms with Gasteiger partial charge < -0.3 is 15.1 Å². The van der Waals surface area contributed by atoms with Gasteiger partial charge in [-0.1, -0.05) is 0 Å². The van der Waals surface area contributed by atoms with Gasteiger partial charge in [0.15, 0.2) is 0 Å². The normalized spacial score (nSPS) is 32.5. The minimum absolute atomic E-state index is 0.297. The van der Waals surface area contributed by atoms with Crippen LogP contribution in [0.1, 0.15) is 25.7 Å². The van der Waals surface area contributed by atoms with E-state index in [0.29, 0.717) is 18.1 Å². The van der Waals surface area contributed by atoms with Crippen molar-refractivity contribution in [3.63, 3.8) is 0 Å². The van der Waals surface area contributed by atoms with Crippen LogP contribution in [0.25, 0.3) is 0 Å².